The molecule has 14 heavy (non-hydrogen) atoms. The lowest BCUT2D eigenvalue weighted by atomic mass is 10.1. The van der Waals surface area contributed by atoms with Crippen LogP contribution >= 0.6 is 11.6 Å². The van der Waals surface area contributed by atoms with Crippen LogP contribution in [0.25, 0.3) is 0 Å². The van der Waals surface area contributed by atoms with Crippen LogP contribution in [0.4, 0.5) is 0 Å². The van der Waals surface area contributed by atoms with Crippen LogP contribution in [0.2, 0.25) is 0 Å². The van der Waals surface area contributed by atoms with Gasteiger partial charge in [0.25, 0.3) is 0 Å². The van der Waals surface area contributed by atoms with Crippen LogP contribution in [0.1, 0.15) is 19.4 Å². The predicted octanol–water partition coefficient (Wildman–Crippen LogP) is 2.50. The summed E-state index contributed by atoms with van der Waals surface area (Å²) in [7, 11) is 0. The summed E-state index contributed by atoms with van der Waals surface area (Å²) in [6.07, 6.45) is 0. The molecule has 78 valence electrons. The molecule has 1 aromatic carbocycles. The summed E-state index contributed by atoms with van der Waals surface area (Å²) in [6.45, 7) is 4.81. The molecule has 1 rings (SSSR count). The van der Waals surface area contributed by atoms with Crippen LogP contribution in [0.15, 0.2) is 24.3 Å². The van der Waals surface area contributed by atoms with Crippen LogP contribution < -0.4 is 5.32 Å². The van der Waals surface area contributed by atoms with Gasteiger partial charge in [-0.15, -0.1) is 11.6 Å². The van der Waals surface area contributed by atoms with E-state index in [1.165, 1.54) is 0 Å². The van der Waals surface area contributed by atoms with Gasteiger partial charge in [-0.1, -0.05) is 12.1 Å². The summed E-state index contributed by atoms with van der Waals surface area (Å²) in [5, 5.41) is 12.6. The van der Waals surface area contributed by atoms with Gasteiger partial charge in [0, 0.05) is 18.0 Å². The summed E-state index contributed by atoms with van der Waals surface area (Å²) < 4.78 is 0. The first kappa shape index (κ1) is 11.3. The Labute approximate surface area is 89.9 Å². The quantitative estimate of drug-likeness (QED) is 0.754. The highest BCUT2D eigenvalue weighted by atomic mass is 35.5. The van der Waals surface area contributed by atoms with Gasteiger partial charge in [-0.2, -0.15) is 0 Å². The summed E-state index contributed by atoms with van der Waals surface area (Å²) in [5.74, 6) is 0.860. The number of halogens is 1. The van der Waals surface area contributed by atoms with Gasteiger partial charge in [0.2, 0.25) is 0 Å². The molecule has 0 aromatic heterocycles. The van der Waals surface area contributed by atoms with E-state index in [2.05, 4.69) is 5.32 Å². The van der Waals surface area contributed by atoms with Gasteiger partial charge in [0.15, 0.2) is 0 Å². The monoisotopic (exact) mass is 213 g/mol. The van der Waals surface area contributed by atoms with Crippen LogP contribution in [0.3, 0.4) is 0 Å². The maximum Gasteiger partial charge on any atom is 0.115 e. The number of benzene rings is 1. The molecule has 1 aromatic rings. The average Bonchev–Trinajstić information content (AvgIpc) is 2.15. The molecule has 0 unspecified atom stereocenters. The van der Waals surface area contributed by atoms with Gasteiger partial charge in [-0.3, -0.25) is 0 Å². The zero-order chi connectivity index (χ0) is 10.6. The van der Waals surface area contributed by atoms with Gasteiger partial charge in [0.1, 0.15) is 5.75 Å². The zero-order valence-electron chi connectivity index (χ0n) is 8.55. The Morgan fingerprint density at radius 3 is 2.71 bits per heavy atom. The van der Waals surface area contributed by atoms with Crippen LogP contribution in [0, 0.1) is 0 Å². The number of aromatic hydroxyl groups is 1. The van der Waals surface area contributed by atoms with Crippen molar-refractivity contribution in [3.8, 4) is 5.75 Å². The minimum absolute atomic E-state index is 0.0764. The van der Waals surface area contributed by atoms with Crippen LogP contribution in [-0.4, -0.2) is 16.5 Å². The Kier molecular flexibility index (Phi) is 3.78. The lowest BCUT2D eigenvalue weighted by Crippen LogP contribution is -2.40. The number of nitrogens with one attached hydrogen (secondary N) is 1. The molecular weight excluding hydrogens is 198 g/mol. The molecule has 0 atom stereocenters. The fourth-order valence-electron chi connectivity index (χ4n) is 1.06. The van der Waals surface area contributed by atoms with E-state index in [9.17, 15) is 5.11 Å². The molecule has 0 radical (unpaired) electrons. The molecule has 0 amide bonds. The Morgan fingerprint density at radius 1 is 1.43 bits per heavy atom. The topological polar surface area (TPSA) is 32.3 Å². The molecule has 0 spiro atoms. The molecule has 0 bridgehead atoms. The van der Waals surface area contributed by atoms with Crippen molar-refractivity contribution < 1.29 is 5.11 Å². The molecule has 0 saturated carbocycles. The third-order valence-corrected chi connectivity index (χ3v) is 2.68. The van der Waals surface area contributed by atoms with Crippen molar-refractivity contribution in [1.82, 2.24) is 5.32 Å². The fraction of sp³-hybridized carbons (Fsp3) is 0.455. The van der Waals surface area contributed by atoms with Gasteiger partial charge in [-0.05, 0) is 31.5 Å². The highest BCUT2D eigenvalue weighted by Gasteiger charge is 2.14. The number of hydrogen-bond donors (Lipinski definition) is 2. The van der Waals surface area contributed by atoms with E-state index in [-0.39, 0.29) is 5.54 Å². The van der Waals surface area contributed by atoms with Crippen molar-refractivity contribution in [2.45, 2.75) is 25.9 Å². The van der Waals surface area contributed by atoms with Gasteiger partial charge >= 0.3 is 0 Å². The van der Waals surface area contributed by atoms with Gasteiger partial charge < -0.3 is 10.4 Å². The third kappa shape index (κ3) is 3.56. The van der Waals surface area contributed by atoms with Gasteiger partial charge in [-0.25, -0.2) is 0 Å². The molecular formula is C11H16ClNO. The van der Waals surface area contributed by atoms with E-state index in [0.29, 0.717) is 18.2 Å². The minimum Gasteiger partial charge on any atom is -0.508 e. The third-order valence-electron chi connectivity index (χ3n) is 2.02. The molecule has 0 aliphatic carbocycles. The summed E-state index contributed by atoms with van der Waals surface area (Å²) in [6, 6.07) is 7.21. The average molecular weight is 214 g/mol. The van der Waals surface area contributed by atoms with E-state index >= 15 is 0 Å². The molecule has 0 fully saturated rings. The SMILES string of the molecule is CC(C)(CCl)NCc1cccc(O)c1. The number of alkyl halides is 1. The lowest BCUT2D eigenvalue weighted by molar-refractivity contribution is 0.427. The van der Waals surface area contributed by atoms with E-state index in [4.69, 9.17) is 11.6 Å². The van der Waals surface area contributed by atoms with Gasteiger partial charge in [0.05, 0.1) is 0 Å². The predicted molar refractivity (Wildman–Crippen MR) is 59.7 cm³/mol. The van der Waals surface area contributed by atoms with E-state index in [1.807, 2.05) is 26.0 Å². The number of hydrogen-bond acceptors (Lipinski definition) is 2. The highest BCUT2D eigenvalue weighted by Crippen LogP contribution is 2.12. The highest BCUT2D eigenvalue weighted by molar-refractivity contribution is 6.18. The molecule has 0 heterocycles. The zero-order valence-corrected chi connectivity index (χ0v) is 9.30. The Morgan fingerprint density at radius 2 is 2.14 bits per heavy atom. The fourth-order valence-corrected chi connectivity index (χ4v) is 1.15. The molecule has 2 nitrogen and oxygen atoms in total. The molecule has 0 aliphatic heterocycles. The first-order valence-electron chi connectivity index (χ1n) is 4.62. The van der Waals surface area contributed by atoms with E-state index < -0.39 is 0 Å². The molecule has 3 heteroatoms. The number of phenols is 1. The summed E-state index contributed by atoms with van der Waals surface area (Å²) in [5.41, 5.74) is 0.982. The smallest absolute Gasteiger partial charge is 0.115 e. The van der Waals surface area contributed by atoms with Crippen molar-refractivity contribution in [2.24, 2.45) is 0 Å². The van der Waals surface area contributed by atoms with E-state index in [1.54, 1.807) is 12.1 Å². The Bertz CT molecular complexity index is 299. The van der Waals surface area contributed by atoms with Crippen molar-refractivity contribution in [1.29, 1.82) is 0 Å². The minimum atomic E-state index is -0.0764. The Balaban J connectivity index is 2.54. The van der Waals surface area contributed by atoms with Crippen molar-refractivity contribution in [3.05, 3.63) is 29.8 Å². The van der Waals surface area contributed by atoms with Crippen molar-refractivity contribution in [2.75, 3.05) is 5.88 Å². The summed E-state index contributed by atoms with van der Waals surface area (Å²) >= 11 is 5.78. The maximum atomic E-state index is 9.25. The second kappa shape index (κ2) is 4.67. The van der Waals surface area contributed by atoms with Crippen molar-refractivity contribution in [3.63, 3.8) is 0 Å². The molecule has 0 aliphatic rings. The lowest BCUT2D eigenvalue weighted by Gasteiger charge is -2.23. The number of rotatable bonds is 4. The first-order chi connectivity index (χ1) is 6.53. The molecule has 0 saturated heterocycles. The molecule has 2 N–H and O–H groups in total. The Hall–Kier alpha value is -0.730. The maximum absolute atomic E-state index is 9.25. The second-order valence-corrected chi connectivity index (χ2v) is 4.31. The van der Waals surface area contributed by atoms with E-state index in [0.717, 1.165) is 5.56 Å². The second-order valence-electron chi connectivity index (χ2n) is 4.04. The summed E-state index contributed by atoms with van der Waals surface area (Å²) in [4.78, 5) is 0. The number of phenolic OH excluding ortho intramolecular Hbond substituents is 1. The first-order valence-corrected chi connectivity index (χ1v) is 5.16. The van der Waals surface area contributed by atoms with Crippen LogP contribution in [-0.2, 0) is 6.54 Å². The van der Waals surface area contributed by atoms with Crippen LogP contribution in [0.5, 0.6) is 5.75 Å². The standard InChI is InChI=1S/C11H16ClNO/c1-11(2,8-12)13-7-9-4-3-5-10(14)6-9/h3-6,13-14H,7-8H2,1-2H3. The van der Waals surface area contributed by atoms with Crippen molar-refractivity contribution >= 4 is 11.6 Å². The largest absolute Gasteiger partial charge is 0.508 e. The normalized spacial score (nSPS) is 11.6.